The number of hydrogen-bond donors (Lipinski definition) is 2. The second kappa shape index (κ2) is 8.64. The van der Waals surface area contributed by atoms with Crippen LogP contribution in [0.5, 0.6) is 0 Å². The van der Waals surface area contributed by atoms with Crippen molar-refractivity contribution in [2.24, 2.45) is 0 Å². The molecule has 1 aliphatic rings. The van der Waals surface area contributed by atoms with E-state index in [-0.39, 0.29) is 5.82 Å². The molecule has 1 fully saturated rings. The number of aryl methyl sites for hydroxylation is 1. The van der Waals surface area contributed by atoms with E-state index in [0.717, 1.165) is 52.3 Å². The van der Waals surface area contributed by atoms with Crippen molar-refractivity contribution in [1.29, 1.82) is 0 Å². The van der Waals surface area contributed by atoms with E-state index in [2.05, 4.69) is 25.4 Å². The number of aromatic amines is 1. The highest BCUT2D eigenvalue weighted by molar-refractivity contribution is 5.94. The lowest BCUT2D eigenvalue weighted by atomic mass is 10.00. The molecule has 0 unspecified atom stereocenters. The number of halogens is 1. The Bertz CT molecular complexity index is 1240. The second-order valence-corrected chi connectivity index (χ2v) is 7.97. The molecule has 0 amide bonds. The van der Waals surface area contributed by atoms with E-state index in [4.69, 9.17) is 9.72 Å². The smallest absolute Gasteiger partial charge is 0.133 e. The van der Waals surface area contributed by atoms with E-state index < -0.39 is 0 Å². The number of nitrogens with one attached hydrogen (secondary N) is 2. The van der Waals surface area contributed by atoms with Crippen LogP contribution in [0.15, 0.2) is 42.6 Å². The Labute approximate surface area is 185 Å². The van der Waals surface area contributed by atoms with E-state index in [0.29, 0.717) is 31.0 Å². The summed E-state index contributed by atoms with van der Waals surface area (Å²) in [6, 6.07) is 11.4. The van der Waals surface area contributed by atoms with Crippen LogP contribution in [0.4, 0.5) is 10.2 Å². The molecule has 4 heterocycles. The normalized spacial score (nSPS) is 14.3. The number of morpholine rings is 1. The van der Waals surface area contributed by atoms with Gasteiger partial charge in [0.15, 0.2) is 0 Å². The molecule has 8 heteroatoms. The maximum atomic E-state index is 15.0. The van der Waals surface area contributed by atoms with Gasteiger partial charge < -0.3 is 15.0 Å². The lowest BCUT2D eigenvalue weighted by molar-refractivity contribution is 0.122. The summed E-state index contributed by atoms with van der Waals surface area (Å²) in [5.41, 5.74) is 5.11. The van der Waals surface area contributed by atoms with Crippen molar-refractivity contribution in [1.82, 2.24) is 25.5 Å². The molecule has 32 heavy (non-hydrogen) atoms. The molecule has 1 aliphatic heterocycles. The minimum absolute atomic E-state index is 0.278. The van der Waals surface area contributed by atoms with Crippen LogP contribution in [0.2, 0.25) is 0 Å². The molecule has 4 aromatic rings. The van der Waals surface area contributed by atoms with Crippen molar-refractivity contribution in [3.8, 4) is 22.6 Å². The Kier molecular flexibility index (Phi) is 5.55. The standard InChI is InChI=1S/C24H25FN6O/c1-15-10-16(13-26-2)11-18(25)23(15)20-12-17-21(14-27-20)29-30-24(17)19-4-3-5-22(28-19)31-6-8-32-9-7-31/h3-5,10-12,14,26H,6-9,13H2,1-2H3,(H,29,30). The fourth-order valence-corrected chi connectivity index (χ4v) is 4.22. The summed E-state index contributed by atoms with van der Waals surface area (Å²) < 4.78 is 20.5. The van der Waals surface area contributed by atoms with Gasteiger partial charge in [0, 0.05) is 30.6 Å². The minimum atomic E-state index is -0.278. The zero-order valence-electron chi connectivity index (χ0n) is 18.2. The number of nitrogens with zero attached hydrogens (tertiary/aromatic N) is 4. The highest BCUT2D eigenvalue weighted by Gasteiger charge is 2.18. The zero-order chi connectivity index (χ0) is 22.1. The Balaban J connectivity index is 1.56. The molecule has 1 aromatic carbocycles. The van der Waals surface area contributed by atoms with Crippen LogP contribution in [-0.2, 0) is 11.3 Å². The van der Waals surface area contributed by atoms with Crippen molar-refractivity contribution in [3.63, 3.8) is 0 Å². The van der Waals surface area contributed by atoms with E-state index in [1.54, 1.807) is 12.3 Å². The number of hydrogen-bond acceptors (Lipinski definition) is 6. The minimum Gasteiger partial charge on any atom is -0.378 e. The van der Waals surface area contributed by atoms with Crippen LogP contribution in [0.3, 0.4) is 0 Å². The molecular formula is C24H25FN6O. The SMILES string of the molecule is CNCc1cc(C)c(-c2cc3c(-c4cccc(N5CCOCC5)n4)n[nH]c3cn2)c(F)c1. The number of aromatic nitrogens is 4. The van der Waals surface area contributed by atoms with Crippen molar-refractivity contribution >= 4 is 16.7 Å². The first kappa shape index (κ1) is 20.5. The summed E-state index contributed by atoms with van der Waals surface area (Å²) in [5.74, 6) is 0.623. The van der Waals surface area contributed by atoms with Gasteiger partial charge in [0.25, 0.3) is 0 Å². The Morgan fingerprint density at radius 2 is 2.00 bits per heavy atom. The lowest BCUT2D eigenvalue weighted by Gasteiger charge is -2.27. The van der Waals surface area contributed by atoms with Gasteiger partial charge in [0.2, 0.25) is 0 Å². The third-order valence-corrected chi connectivity index (χ3v) is 5.74. The average molecular weight is 433 g/mol. The van der Waals surface area contributed by atoms with Crippen LogP contribution < -0.4 is 10.2 Å². The number of anilines is 1. The fraction of sp³-hybridized carbons (Fsp3) is 0.292. The van der Waals surface area contributed by atoms with E-state index >= 15 is 4.39 Å². The van der Waals surface area contributed by atoms with Crippen molar-refractivity contribution in [2.75, 3.05) is 38.3 Å². The molecule has 0 saturated carbocycles. The van der Waals surface area contributed by atoms with Gasteiger partial charge in [-0.05, 0) is 49.4 Å². The Morgan fingerprint density at radius 3 is 2.78 bits per heavy atom. The Morgan fingerprint density at radius 1 is 1.16 bits per heavy atom. The zero-order valence-corrected chi connectivity index (χ0v) is 18.2. The van der Waals surface area contributed by atoms with Crippen LogP contribution in [0.25, 0.3) is 33.5 Å². The monoisotopic (exact) mass is 432 g/mol. The summed E-state index contributed by atoms with van der Waals surface area (Å²) in [7, 11) is 1.85. The molecule has 3 aromatic heterocycles. The predicted octanol–water partition coefficient (Wildman–Crippen LogP) is 3.69. The Hall–Kier alpha value is -3.36. The van der Waals surface area contributed by atoms with Crippen molar-refractivity contribution in [2.45, 2.75) is 13.5 Å². The molecule has 2 N–H and O–H groups in total. The number of pyridine rings is 2. The van der Waals surface area contributed by atoms with E-state index in [1.807, 2.05) is 44.3 Å². The lowest BCUT2D eigenvalue weighted by Crippen LogP contribution is -2.36. The molecule has 0 spiro atoms. The van der Waals surface area contributed by atoms with Gasteiger partial charge in [0.05, 0.1) is 36.3 Å². The summed E-state index contributed by atoms with van der Waals surface area (Å²) >= 11 is 0. The van der Waals surface area contributed by atoms with Gasteiger partial charge in [-0.1, -0.05) is 12.1 Å². The summed E-state index contributed by atoms with van der Waals surface area (Å²) in [4.78, 5) is 11.6. The largest absolute Gasteiger partial charge is 0.378 e. The number of rotatable bonds is 5. The van der Waals surface area contributed by atoms with Gasteiger partial charge in [0.1, 0.15) is 17.3 Å². The summed E-state index contributed by atoms with van der Waals surface area (Å²) in [6.45, 7) is 5.55. The highest BCUT2D eigenvalue weighted by atomic mass is 19.1. The van der Waals surface area contributed by atoms with Crippen LogP contribution in [-0.4, -0.2) is 53.5 Å². The number of ether oxygens (including phenoxy) is 1. The van der Waals surface area contributed by atoms with Crippen LogP contribution in [0, 0.1) is 12.7 Å². The molecule has 1 saturated heterocycles. The first-order valence-electron chi connectivity index (χ1n) is 10.7. The van der Waals surface area contributed by atoms with Gasteiger partial charge in [-0.25, -0.2) is 9.37 Å². The molecule has 0 bridgehead atoms. The number of fused-ring (bicyclic) bond motifs is 1. The van der Waals surface area contributed by atoms with Gasteiger partial charge in [-0.15, -0.1) is 0 Å². The summed E-state index contributed by atoms with van der Waals surface area (Å²) in [5, 5.41) is 11.4. The van der Waals surface area contributed by atoms with Gasteiger partial charge >= 0.3 is 0 Å². The maximum Gasteiger partial charge on any atom is 0.133 e. The van der Waals surface area contributed by atoms with Crippen molar-refractivity contribution in [3.05, 3.63) is 59.5 Å². The van der Waals surface area contributed by atoms with Crippen LogP contribution >= 0.6 is 0 Å². The van der Waals surface area contributed by atoms with Crippen molar-refractivity contribution < 1.29 is 9.13 Å². The molecule has 0 atom stereocenters. The van der Waals surface area contributed by atoms with Crippen LogP contribution in [0.1, 0.15) is 11.1 Å². The molecule has 0 aliphatic carbocycles. The number of benzene rings is 1. The molecule has 5 rings (SSSR count). The second-order valence-electron chi connectivity index (χ2n) is 7.97. The molecular weight excluding hydrogens is 407 g/mol. The van der Waals surface area contributed by atoms with Gasteiger partial charge in [-0.3, -0.25) is 10.1 Å². The number of H-pyrrole nitrogens is 1. The third-order valence-electron chi connectivity index (χ3n) is 5.74. The predicted molar refractivity (Wildman–Crippen MR) is 123 cm³/mol. The molecule has 0 radical (unpaired) electrons. The maximum absolute atomic E-state index is 15.0. The molecule has 164 valence electrons. The first-order chi connectivity index (χ1) is 15.6. The molecule has 7 nitrogen and oxygen atoms in total. The third kappa shape index (κ3) is 3.83. The summed E-state index contributed by atoms with van der Waals surface area (Å²) in [6.07, 6.45) is 1.70. The quantitative estimate of drug-likeness (QED) is 0.501. The van der Waals surface area contributed by atoms with E-state index in [9.17, 15) is 0 Å². The van der Waals surface area contributed by atoms with E-state index in [1.165, 1.54) is 0 Å². The highest BCUT2D eigenvalue weighted by Crippen LogP contribution is 2.32. The first-order valence-corrected chi connectivity index (χ1v) is 10.7. The van der Waals surface area contributed by atoms with Gasteiger partial charge in [-0.2, -0.15) is 5.10 Å². The fourth-order valence-electron chi connectivity index (χ4n) is 4.22. The topological polar surface area (TPSA) is 79.0 Å². The average Bonchev–Trinajstić information content (AvgIpc) is 3.23.